The number of carbonyl (C=O) groups excluding carboxylic acids is 1. The number of para-hydroxylation sites is 1. The van der Waals surface area contributed by atoms with E-state index in [0.717, 1.165) is 49.4 Å². The summed E-state index contributed by atoms with van der Waals surface area (Å²) in [5.74, 6) is 1.23. The smallest absolute Gasteiger partial charge is 0.262 e. The molecule has 1 aromatic carbocycles. The lowest BCUT2D eigenvalue weighted by atomic mass is 10.0. The number of likely N-dealkylation sites (N-methyl/N-ethyl adjacent to an activating group) is 1. The van der Waals surface area contributed by atoms with Gasteiger partial charge in [-0.1, -0.05) is 57.9 Å². The first-order valence-electron chi connectivity index (χ1n) is 11.4. The number of benzene rings is 1. The van der Waals surface area contributed by atoms with E-state index >= 15 is 0 Å². The monoisotopic (exact) mass is 409 g/mol. The average molecular weight is 410 g/mol. The third-order valence-electron chi connectivity index (χ3n) is 6.10. The molecule has 1 amide bonds. The van der Waals surface area contributed by atoms with E-state index in [9.17, 15) is 4.79 Å². The largest absolute Gasteiger partial charge is 0.357 e. The van der Waals surface area contributed by atoms with Crippen molar-refractivity contribution < 1.29 is 4.79 Å². The number of aliphatic imine (C=N–C) groups is 1. The molecule has 1 unspecified atom stereocenters. The van der Waals surface area contributed by atoms with E-state index in [4.69, 9.17) is 4.99 Å². The molecule has 1 atom stereocenters. The molecule has 1 aromatic rings. The first kappa shape index (κ1) is 23.9. The first-order valence-corrected chi connectivity index (χ1v) is 11.4. The molecule has 0 radical (unpaired) electrons. The molecule has 0 spiro atoms. The molecule has 164 valence electrons. The molecule has 1 aliphatic heterocycles. The molecule has 1 aliphatic rings. The van der Waals surface area contributed by atoms with E-state index < -0.39 is 0 Å². The third kappa shape index (κ3) is 5.62. The van der Waals surface area contributed by atoms with E-state index in [0.29, 0.717) is 18.0 Å². The summed E-state index contributed by atoms with van der Waals surface area (Å²) < 4.78 is 0. The number of nitrogens with zero attached hydrogens (tertiary/aromatic N) is 3. The normalized spacial score (nSPS) is 17.5. The zero-order valence-electron chi connectivity index (χ0n) is 20.0. The van der Waals surface area contributed by atoms with Crippen molar-refractivity contribution in [3.05, 3.63) is 52.9 Å². The molecule has 30 heavy (non-hydrogen) atoms. The minimum Gasteiger partial charge on any atom is -0.357 e. The Morgan fingerprint density at radius 2 is 1.87 bits per heavy atom. The van der Waals surface area contributed by atoms with Gasteiger partial charge >= 0.3 is 0 Å². The second-order valence-electron chi connectivity index (χ2n) is 8.40. The number of amides is 1. The Morgan fingerprint density at radius 3 is 2.50 bits per heavy atom. The van der Waals surface area contributed by atoms with Crippen molar-refractivity contribution in [3.63, 3.8) is 0 Å². The lowest BCUT2D eigenvalue weighted by Gasteiger charge is -2.24. The fraction of sp³-hybridized carbons (Fsp3) is 0.538. The molecule has 0 N–H and O–H groups in total. The van der Waals surface area contributed by atoms with Gasteiger partial charge in [0.05, 0.1) is 5.57 Å². The van der Waals surface area contributed by atoms with Crippen LogP contribution in [0.3, 0.4) is 0 Å². The molecule has 2 rings (SSSR count). The van der Waals surface area contributed by atoms with E-state index in [1.54, 1.807) is 0 Å². The molecule has 0 saturated carbocycles. The summed E-state index contributed by atoms with van der Waals surface area (Å²) in [7, 11) is 2.05. The molecule has 1 heterocycles. The minimum absolute atomic E-state index is 0.0476. The first-order chi connectivity index (χ1) is 14.3. The fourth-order valence-electron chi connectivity index (χ4n) is 3.58. The van der Waals surface area contributed by atoms with Gasteiger partial charge in [-0.25, -0.2) is 4.99 Å². The molecule has 0 fully saturated rings. The van der Waals surface area contributed by atoms with Crippen LogP contribution in [0.25, 0.3) is 0 Å². The Morgan fingerprint density at radius 1 is 1.17 bits per heavy atom. The number of aryl methyl sites for hydroxylation is 1. The summed E-state index contributed by atoms with van der Waals surface area (Å²) in [6.07, 6.45) is 6.02. The SMILES string of the molecule is CCCc1ccccc1N1CCN(C)C(/N=C(\C)C(C)CC)=C(/C=C(/C)CC)C1=O. The fourth-order valence-corrected chi connectivity index (χ4v) is 3.58. The second-order valence-corrected chi connectivity index (χ2v) is 8.40. The maximum absolute atomic E-state index is 13.9. The topological polar surface area (TPSA) is 35.9 Å². The van der Waals surface area contributed by atoms with Gasteiger partial charge in [-0.15, -0.1) is 0 Å². The molecule has 0 aliphatic carbocycles. The third-order valence-corrected chi connectivity index (χ3v) is 6.10. The van der Waals surface area contributed by atoms with Crippen LogP contribution < -0.4 is 4.90 Å². The van der Waals surface area contributed by atoms with Crippen LogP contribution in [-0.4, -0.2) is 36.7 Å². The summed E-state index contributed by atoms with van der Waals surface area (Å²) in [5, 5.41) is 0. The van der Waals surface area contributed by atoms with Crippen LogP contribution in [0.15, 0.2) is 52.3 Å². The summed E-state index contributed by atoms with van der Waals surface area (Å²) in [6, 6.07) is 8.31. The highest BCUT2D eigenvalue weighted by Gasteiger charge is 2.29. The van der Waals surface area contributed by atoms with Crippen LogP contribution in [0.1, 0.15) is 66.4 Å². The maximum Gasteiger partial charge on any atom is 0.262 e. The van der Waals surface area contributed by atoms with Crippen LogP contribution >= 0.6 is 0 Å². The van der Waals surface area contributed by atoms with Crippen LogP contribution in [0.5, 0.6) is 0 Å². The highest BCUT2D eigenvalue weighted by atomic mass is 16.2. The molecular weight excluding hydrogens is 370 g/mol. The predicted molar refractivity (Wildman–Crippen MR) is 129 cm³/mol. The number of allylic oxidation sites excluding steroid dienone is 1. The summed E-state index contributed by atoms with van der Waals surface area (Å²) in [5.41, 5.74) is 5.22. The van der Waals surface area contributed by atoms with E-state index in [-0.39, 0.29) is 5.91 Å². The molecule has 0 bridgehead atoms. The molecule has 4 heteroatoms. The van der Waals surface area contributed by atoms with Crippen LogP contribution in [0, 0.1) is 5.92 Å². The standard InChI is InChI=1S/C26H39N3O/c1-8-13-22-14-11-12-15-24(22)29-17-16-28(7)25(27-21(6)20(5)10-3)23(26(29)30)18-19(4)9-2/h11-12,14-15,18,20H,8-10,13,16-17H2,1-7H3/b19-18-,27-21+. The maximum atomic E-state index is 13.9. The summed E-state index contributed by atoms with van der Waals surface area (Å²) in [6.45, 7) is 14.2. The van der Waals surface area contributed by atoms with E-state index in [1.165, 1.54) is 11.1 Å². The number of rotatable bonds is 8. The lowest BCUT2D eigenvalue weighted by molar-refractivity contribution is -0.114. The quantitative estimate of drug-likeness (QED) is 0.494. The Hall–Kier alpha value is -2.36. The van der Waals surface area contributed by atoms with Gasteiger partial charge in [-0.2, -0.15) is 0 Å². The van der Waals surface area contributed by atoms with Gasteiger partial charge in [0, 0.05) is 31.5 Å². The number of carbonyl (C=O) groups is 1. The average Bonchev–Trinajstić information content (AvgIpc) is 2.85. The lowest BCUT2D eigenvalue weighted by Crippen LogP contribution is -2.34. The minimum atomic E-state index is 0.0476. The predicted octanol–water partition coefficient (Wildman–Crippen LogP) is 5.99. The van der Waals surface area contributed by atoms with Gasteiger partial charge in [-0.05, 0) is 56.7 Å². The van der Waals surface area contributed by atoms with Crippen molar-refractivity contribution in [3.8, 4) is 0 Å². The van der Waals surface area contributed by atoms with Gasteiger partial charge in [0.15, 0.2) is 0 Å². The Kier molecular flexibility index (Phi) is 8.88. The zero-order chi connectivity index (χ0) is 22.3. The van der Waals surface area contributed by atoms with Gasteiger partial charge in [0.1, 0.15) is 5.82 Å². The molecule has 0 saturated heterocycles. The molecular formula is C26H39N3O. The van der Waals surface area contributed by atoms with Gasteiger partial charge in [0.25, 0.3) is 5.91 Å². The Labute approximate surface area is 183 Å². The van der Waals surface area contributed by atoms with Crippen molar-refractivity contribution in [2.75, 3.05) is 25.0 Å². The number of hydrogen-bond donors (Lipinski definition) is 0. The van der Waals surface area contributed by atoms with Gasteiger partial charge in [-0.3, -0.25) is 4.79 Å². The van der Waals surface area contributed by atoms with Crippen molar-refractivity contribution in [1.29, 1.82) is 0 Å². The van der Waals surface area contributed by atoms with Gasteiger partial charge < -0.3 is 9.80 Å². The van der Waals surface area contributed by atoms with Crippen molar-refractivity contribution in [1.82, 2.24) is 4.90 Å². The van der Waals surface area contributed by atoms with Crippen LogP contribution in [0.2, 0.25) is 0 Å². The Bertz CT molecular complexity index is 834. The summed E-state index contributed by atoms with van der Waals surface area (Å²) in [4.78, 5) is 22.9. The second kappa shape index (κ2) is 11.1. The van der Waals surface area contributed by atoms with Crippen molar-refractivity contribution in [2.24, 2.45) is 10.9 Å². The summed E-state index contributed by atoms with van der Waals surface area (Å²) >= 11 is 0. The van der Waals surface area contributed by atoms with E-state index in [2.05, 4.69) is 64.6 Å². The number of anilines is 1. The number of hydrogen-bond acceptors (Lipinski definition) is 3. The molecule has 4 nitrogen and oxygen atoms in total. The molecule has 0 aromatic heterocycles. The van der Waals surface area contributed by atoms with Crippen LogP contribution in [-0.2, 0) is 11.2 Å². The highest BCUT2D eigenvalue weighted by Crippen LogP contribution is 2.28. The van der Waals surface area contributed by atoms with Crippen molar-refractivity contribution >= 4 is 17.3 Å². The highest BCUT2D eigenvalue weighted by molar-refractivity contribution is 6.09. The Balaban J connectivity index is 2.65. The zero-order valence-corrected chi connectivity index (χ0v) is 20.0. The van der Waals surface area contributed by atoms with Crippen LogP contribution in [0.4, 0.5) is 5.69 Å². The van der Waals surface area contributed by atoms with Gasteiger partial charge in [0.2, 0.25) is 0 Å². The van der Waals surface area contributed by atoms with Crippen molar-refractivity contribution in [2.45, 2.75) is 67.2 Å². The van der Waals surface area contributed by atoms with E-state index in [1.807, 2.05) is 24.1 Å².